The molecule has 1 saturated heterocycles. The summed E-state index contributed by atoms with van der Waals surface area (Å²) >= 11 is 1.74. The Morgan fingerprint density at radius 1 is 1.52 bits per heavy atom. The van der Waals surface area contributed by atoms with Gasteiger partial charge in [0.1, 0.15) is 0 Å². The van der Waals surface area contributed by atoms with E-state index in [1.54, 1.807) is 11.3 Å². The minimum Gasteiger partial charge on any atom is -0.370 e. The summed E-state index contributed by atoms with van der Waals surface area (Å²) in [6.07, 6.45) is 4.06. The van der Waals surface area contributed by atoms with E-state index in [2.05, 4.69) is 31.1 Å². The zero-order valence-corrected chi connectivity index (χ0v) is 14.0. The Balaban J connectivity index is 1.67. The Labute approximate surface area is 130 Å². The predicted molar refractivity (Wildman–Crippen MR) is 86.6 cm³/mol. The standard InChI is InChI=1S/C16H25N3OS/c1-15(2,3)12-10-21-14(18-12)19-7-4-11(9-19)16(5-6-16)8-13(17)20/h10-11H,4-9H2,1-3H3,(H2,17,20)/t11-/m0/s1. The van der Waals surface area contributed by atoms with Crippen LogP contribution in [0.4, 0.5) is 5.13 Å². The van der Waals surface area contributed by atoms with Crippen LogP contribution in [0.5, 0.6) is 0 Å². The van der Waals surface area contributed by atoms with Crippen molar-refractivity contribution in [2.75, 3.05) is 18.0 Å². The van der Waals surface area contributed by atoms with E-state index in [-0.39, 0.29) is 16.7 Å². The van der Waals surface area contributed by atoms with Gasteiger partial charge in [-0.1, -0.05) is 20.8 Å². The van der Waals surface area contributed by atoms with Gasteiger partial charge in [-0.25, -0.2) is 4.98 Å². The maximum absolute atomic E-state index is 11.3. The van der Waals surface area contributed by atoms with Crippen LogP contribution in [-0.2, 0) is 10.2 Å². The number of rotatable bonds is 4. The summed E-state index contributed by atoms with van der Waals surface area (Å²) in [6, 6.07) is 0. The molecule has 1 atom stereocenters. The Bertz CT molecular complexity index is 542. The summed E-state index contributed by atoms with van der Waals surface area (Å²) in [5.41, 5.74) is 6.91. The second-order valence-electron chi connectivity index (χ2n) is 7.70. The molecule has 0 radical (unpaired) electrons. The fourth-order valence-electron chi connectivity index (χ4n) is 3.42. The van der Waals surface area contributed by atoms with Crippen molar-refractivity contribution in [1.29, 1.82) is 0 Å². The van der Waals surface area contributed by atoms with Crippen molar-refractivity contribution in [1.82, 2.24) is 4.98 Å². The van der Waals surface area contributed by atoms with Gasteiger partial charge in [0.15, 0.2) is 5.13 Å². The summed E-state index contributed by atoms with van der Waals surface area (Å²) in [4.78, 5) is 18.5. The van der Waals surface area contributed by atoms with Crippen LogP contribution < -0.4 is 10.6 Å². The molecule has 3 rings (SSSR count). The van der Waals surface area contributed by atoms with Crippen molar-refractivity contribution in [3.8, 4) is 0 Å². The van der Waals surface area contributed by atoms with Gasteiger partial charge in [0.05, 0.1) is 5.69 Å². The lowest BCUT2D eigenvalue weighted by atomic mass is 9.85. The van der Waals surface area contributed by atoms with E-state index in [9.17, 15) is 4.79 Å². The van der Waals surface area contributed by atoms with Crippen LogP contribution in [0.2, 0.25) is 0 Å². The number of nitrogens with zero attached hydrogens (tertiary/aromatic N) is 2. The molecule has 2 aliphatic rings. The molecule has 1 aliphatic heterocycles. The van der Waals surface area contributed by atoms with Gasteiger partial charge in [0.25, 0.3) is 0 Å². The van der Waals surface area contributed by atoms with Crippen LogP contribution in [0, 0.1) is 11.3 Å². The fraction of sp³-hybridized carbons (Fsp3) is 0.750. The first kappa shape index (κ1) is 14.8. The molecule has 0 bridgehead atoms. The smallest absolute Gasteiger partial charge is 0.217 e. The van der Waals surface area contributed by atoms with E-state index < -0.39 is 0 Å². The van der Waals surface area contributed by atoms with E-state index in [0.29, 0.717) is 12.3 Å². The highest BCUT2D eigenvalue weighted by molar-refractivity contribution is 7.13. The lowest BCUT2D eigenvalue weighted by molar-refractivity contribution is -0.119. The van der Waals surface area contributed by atoms with Crippen molar-refractivity contribution in [3.05, 3.63) is 11.1 Å². The van der Waals surface area contributed by atoms with Gasteiger partial charge in [-0.2, -0.15) is 0 Å². The van der Waals surface area contributed by atoms with Gasteiger partial charge in [0.2, 0.25) is 5.91 Å². The fourth-order valence-corrected chi connectivity index (χ4v) is 4.51. The molecule has 1 saturated carbocycles. The number of hydrogen-bond donors (Lipinski definition) is 1. The molecule has 1 aliphatic carbocycles. The van der Waals surface area contributed by atoms with Gasteiger partial charge in [0, 0.05) is 30.3 Å². The third-order valence-corrected chi connectivity index (χ3v) is 5.91. The molecular formula is C16H25N3OS. The average Bonchev–Trinajstić information content (AvgIpc) is 2.84. The number of amides is 1. The highest BCUT2D eigenvalue weighted by atomic mass is 32.1. The van der Waals surface area contributed by atoms with E-state index in [1.165, 1.54) is 18.5 Å². The molecule has 2 heterocycles. The van der Waals surface area contributed by atoms with E-state index in [0.717, 1.165) is 24.6 Å². The van der Waals surface area contributed by atoms with Crippen molar-refractivity contribution in [3.63, 3.8) is 0 Å². The van der Waals surface area contributed by atoms with E-state index >= 15 is 0 Å². The number of thiazole rings is 1. The zero-order valence-electron chi connectivity index (χ0n) is 13.2. The maximum atomic E-state index is 11.3. The summed E-state index contributed by atoms with van der Waals surface area (Å²) in [6.45, 7) is 8.69. The summed E-state index contributed by atoms with van der Waals surface area (Å²) < 4.78 is 0. The summed E-state index contributed by atoms with van der Waals surface area (Å²) in [7, 11) is 0. The molecular weight excluding hydrogens is 282 g/mol. The molecule has 4 nitrogen and oxygen atoms in total. The van der Waals surface area contributed by atoms with Crippen molar-refractivity contribution in [2.45, 2.75) is 51.9 Å². The maximum Gasteiger partial charge on any atom is 0.217 e. The minimum atomic E-state index is -0.143. The predicted octanol–water partition coefficient (Wildman–Crippen LogP) is 2.92. The van der Waals surface area contributed by atoms with Crippen LogP contribution in [-0.4, -0.2) is 24.0 Å². The first-order valence-corrected chi connectivity index (χ1v) is 8.67. The van der Waals surface area contributed by atoms with Gasteiger partial charge in [-0.05, 0) is 30.6 Å². The lowest BCUT2D eigenvalue weighted by Crippen LogP contribution is -2.27. The highest BCUT2D eigenvalue weighted by Gasteiger charge is 2.52. The molecule has 2 fully saturated rings. The quantitative estimate of drug-likeness (QED) is 0.930. The minimum absolute atomic E-state index is 0.109. The van der Waals surface area contributed by atoms with E-state index in [4.69, 9.17) is 10.7 Å². The number of primary amides is 1. The monoisotopic (exact) mass is 307 g/mol. The van der Waals surface area contributed by atoms with Gasteiger partial charge in [-0.3, -0.25) is 4.79 Å². The topological polar surface area (TPSA) is 59.2 Å². The number of hydrogen-bond acceptors (Lipinski definition) is 4. The SMILES string of the molecule is CC(C)(C)c1csc(N2CC[C@H](C3(CC(N)=O)CC3)C2)n1. The Hall–Kier alpha value is -1.10. The molecule has 1 amide bonds. The van der Waals surface area contributed by atoms with Gasteiger partial charge < -0.3 is 10.6 Å². The molecule has 0 spiro atoms. The zero-order chi connectivity index (χ0) is 15.3. The number of aromatic nitrogens is 1. The molecule has 1 aromatic rings. The summed E-state index contributed by atoms with van der Waals surface area (Å²) in [5, 5.41) is 3.32. The molecule has 1 aromatic heterocycles. The highest BCUT2D eigenvalue weighted by Crippen LogP contribution is 2.57. The van der Waals surface area contributed by atoms with Crippen LogP contribution in [0.1, 0.15) is 52.1 Å². The Kier molecular flexibility index (Phi) is 3.51. The second kappa shape index (κ2) is 4.97. The van der Waals surface area contributed by atoms with E-state index in [1.807, 2.05) is 0 Å². The van der Waals surface area contributed by atoms with Crippen LogP contribution in [0.25, 0.3) is 0 Å². The van der Waals surface area contributed by atoms with Crippen LogP contribution in [0.15, 0.2) is 5.38 Å². The van der Waals surface area contributed by atoms with Crippen LogP contribution in [0.3, 0.4) is 0 Å². The molecule has 0 unspecified atom stereocenters. The second-order valence-corrected chi connectivity index (χ2v) is 8.54. The normalized spacial score (nSPS) is 24.3. The third kappa shape index (κ3) is 2.93. The molecule has 2 N–H and O–H groups in total. The molecule has 21 heavy (non-hydrogen) atoms. The molecule has 5 heteroatoms. The van der Waals surface area contributed by atoms with Crippen LogP contribution >= 0.6 is 11.3 Å². The lowest BCUT2D eigenvalue weighted by Gasteiger charge is -2.22. The van der Waals surface area contributed by atoms with Gasteiger partial charge >= 0.3 is 0 Å². The third-order valence-electron chi connectivity index (χ3n) is 5.00. The van der Waals surface area contributed by atoms with Gasteiger partial charge in [-0.15, -0.1) is 11.3 Å². The Morgan fingerprint density at radius 2 is 2.24 bits per heavy atom. The molecule has 0 aromatic carbocycles. The van der Waals surface area contributed by atoms with Crippen molar-refractivity contribution >= 4 is 22.4 Å². The molecule has 116 valence electrons. The first-order chi connectivity index (χ1) is 9.80. The number of carbonyl (C=O) groups excluding carboxylic acids is 1. The van der Waals surface area contributed by atoms with Crippen molar-refractivity contribution in [2.24, 2.45) is 17.1 Å². The largest absolute Gasteiger partial charge is 0.370 e. The summed E-state index contributed by atoms with van der Waals surface area (Å²) in [5.74, 6) is 0.460. The Morgan fingerprint density at radius 3 is 2.76 bits per heavy atom. The number of anilines is 1. The average molecular weight is 307 g/mol. The number of nitrogens with two attached hydrogens (primary N) is 1. The first-order valence-electron chi connectivity index (χ1n) is 7.79. The number of carbonyl (C=O) groups is 1. The van der Waals surface area contributed by atoms with Crippen molar-refractivity contribution < 1.29 is 4.79 Å².